The van der Waals surface area contributed by atoms with Gasteiger partial charge in [0.2, 0.25) is 0 Å². The highest BCUT2D eigenvalue weighted by Gasteiger charge is 2.08. The molecule has 2 rings (SSSR count). The van der Waals surface area contributed by atoms with Crippen LogP contribution in [0.15, 0.2) is 24.5 Å². The van der Waals surface area contributed by atoms with Gasteiger partial charge in [-0.2, -0.15) is 0 Å². The second kappa shape index (κ2) is 5.95. The first-order valence-corrected chi connectivity index (χ1v) is 6.43. The van der Waals surface area contributed by atoms with Gasteiger partial charge in [-0.15, -0.1) is 0 Å². The molecule has 1 heterocycles. The number of halogens is 2. The minimum atomic E-state index is 0.445. The molecule has 1 aromatic carbocycles. The van der Waals surface area contributed by atoms with Gasteiger partial charge in [-0.25, -0.2) is 9.97 Å². The third-order valence-electron chi connectivity index (χ3n) is 2.35. The van der Waals surface area contributed by atoms with Gasteiger partial charge >= 0.3 is 0 Å². The summed E-state index contributed by atoms with van der Waals surface area (Å²) < 4.78 is 0. The van der Waals surface area contributed by atoms with E-state index < -0.39 is 0 Å². The fourth-order valence-electron chi connectivity index (χ4n) is 1.57. The zero-order valence-electron chi connectivity index (χ0n) is 10.2. The molecule has 0 amide bonds. The first-order valence-electron chi connectivity index (χ1n) is 5.67. The van der Waals surface area contributed by atoms with Gasteiger partial charge in [0.15, 0.2) is 11.6 Å². The van der Waals surface area contributed by atoms with Gasteiger partial charge in [-0.3, -0.25) is 0 Å². The number of rotatable bonds is 4. The van der Waals surface area contributed by atoms with Crippen LogP contribution in [0.3, 0.4) is 0 Å². The zero-order chi connectivity index (χ0) is 13.8. The third-order valence-corrected chi connectivity index (χ3v) is 2.79. The molecule has 5 nitrogen and oxygen atoms in total. The number of nitrogens with one attached hydrogen (secondary N) is 2. The maximum atomic E-state index is 5.98. The van der Waals surface area contributed by atoms with Gasteiger partial charge in [0.25, 0.3) is 0 Å². The van der Waals surface area contributed by atoms with Crippen LogP contribution in [0.5, 0.6) is 0 Å². The molecule has 7 heteroatoms. The summed E-state index contributed by atoms with van der Waals surface area (Å²) in [6, 6.07) is 5.13. The van der Waals surface area contributed by atoms with Crippen molar-refractivity contribution in [2.75, 3.05) is 22.9 Å². The van der Waals surface area contributed by atoms with E-state index in [1.165, 1.54) is 6.33 Å². The lowest BCUT2D eigenvalue weighted by Crippen LogP contribution is -2.07. The minimum Gasteiger partial charge on any atom is -0.393 e. The molecule has 19 heavy (non-hydrogen) atoms. The van der Waals surface area contributed by atoms with Gasteiger partial charge in [-0.05, 0) is 25.1 Å². The fourth-order valence-corrected chi connectivity index (χ4v) is 2.09. The summed E-state index contributed by atoms with van der Waals surface area (Å²) in [4.78, 5) is 8.17. The van der Waals surface area contributed by atoms with Crippen molar-refractivity contribution in [1.29, 1.82) is 0 Å². The van der Waals surface area contributed by atoms with E-state index in [9.17, 15) is 0 Å². The Balaban J connectivity index is 2.30. The monoisotopic (exact) mass is 297 g/mol. The Morgan fingerprint density at radius 1 is 1.11 bits per heavy atom. The molecule has 0 aliphatic rings. The van der Waals surface area contributed by atoms with E-state index in [0.29, 0.717) is 33.1 Å². The lowest BCUT2D eigenvalue weighted by atomic mass is 10.3. The Morgan fingerprint density at radius 2 is 1.74 bits per heavy atom. The van der Waals surface area contributed by atoms with Crippen molar-refractivity contribution >= 4 is 46.2 Å². The van der Waals surface area contributed by atoms with E-state index >= 15 is 0 Å². The molecule has 100 valence electrons. The summed E-state index contributed by atoms with van der Waals surface area (Å²) in [5.74, 6) is 1.09. The molecule has 0 saturated carbocycles. The Morgan fingerprint density at radius 3 is 2.37 bits per heavy atom. The molecule has 2 aromatic rings. The second-order valence-corrected chi connectivity index (χ2v) is 4.67. The highest BCUT2D eigenvalue weighted by molar-refractivity contribution is 6.35. The summed E-state index contributed by atoms with van der Waals surface area (Å²) in [5, 5.41) is 7.20. The number of nitrogens with two attached hydrogens (primary N) is 1. The zero-order valence-corrected chi connectivity index (χ0v) is 11.8. The minimum absolute atomic E-state index is 0.445. The summed E-state index contributed by atoms with van der Waals surface area (Å²) in [7, 11) is 0. The Labute approximate surface area is 121 Å². The predicted molar refractivity (Wildman–Crippen MR) is 80.4 cm³/mol. The average molecular weight is 298 g/mol. The molecule has 0 fully saturated rings. The van der Waals surface area contributed by atoms with Crippen molar-refractivity contribution in [3.63, 3.8) is 0 Å². The number of nitrogen functional groups attached to an aromatic ring is 1. The molecule has 0 aliphatic heterocycles. The van der Waals surface area contributed by atoms with E-state index in [-0.39, 0.29) is 0 Å². The Hall–Kier alpha value is -1.72. The second-order valence-electron chi connectivity index (χ2n) is 3.80. The summed E-state index contributed by atoms with van der Waals surface area (Å²) >= 11 is 11.9. The third kappa shape index (κ3) is 3.39. The Kier molecular flexibility index (Phi) is 4.29. The topological polar surface area (TPSA) is 75.9 Å². The van der Waals surface area contributed by atoms with Gasteiger partial charge in [0.05, 0.1) is 0 Å². The van der Waals surface area contributed by atoms with Crippen LogP contribution in [0.25, 0.3) is 0 Å². The fraction of sp³-hybridized carbons (Fsp3) is 0.167. The van der Waals surface area contributed by atoms with Crippen LogP contribution in [-0.2, 0) is 0 Å². The molecular formula is C12H13Cl2N5. The van der Waals surface area contributed by atoms with Gasteiger partial charge < -0.3 is 16.4 Å². The molecule has 0 radical (unpaired) electrons. The van der Waals surface area contributed by atoms with Crippen molar-refractivity contribution in [2.24, 2.45) is 0 Å². The molecule has 0 spiro atoms. The lowest BCUT2D eigenvalue weighted by Gasteiger charge is -2.12. The number of hydrogen-bond acceptors (Lipinski definition) is 5. The maximum absolute atomic E-state index is 5.98. The van der Waals surface area contributed by atoms with Crippen LogP contribution >= 0.6 is 23.2 Å². The van der Waals surface area contributed by atoms with E-state index in [0.717, 1.165) is 6.54 Å². The van der Waals surface area contributed by atoms with Crippen molar-refractivity contribution < 1.29 is 0 Å². The van der Waals surface area contributed by atoms with Crippen LogP contribution in [0.1, 0.15) is 6.92 Å². The van der Waals surface area contributed by atoms with Gasteiger partial charge in [0.1, 0.15) is 12.0 Å². The largest absolute Gasteiger partial charge is 0.393 e. The SMILES string of the molecule is CCNc1ncnc(Nc2cc(Cl)cc(Cl)c2)c1N. The van der Waals surface area contributed by atoms with E-state index in [2.05, 4.69) is 20.6 Å². The predicted octanol–water partition coefficient (Wildman–Crippen LogP) is 3.54. The molecule has 0 unspecified atom stereocenters. The van der Waals surface area contributed by atoms with Crippen molar-refractivity contribution in [2.45, 2.75) is 6.92 Å². The van der Waals surface area contributed by atoms with Gasteiger partial charge in [-0.1, -0.05) is 23.2 Å². The number of benzene rings is 1. The standard InChI is InChI=1S/C12H13Cl2N5/c1-2-16-11-10(15)12(18-6-17-11)19-9-4-7(13)3-8(14)5-9/h3-6H,2,15H2,1H3,(H2,16,17,18,19). The van der Waals surface area contributed by atoms with E-state index in [4.69, 9.17) is 28.9 Å². The molecule has 4 N–H and O–H groups in total. The Bertz CT molecular complexity index is 568. The highest BCUT2D eigenvalue weighted by Crippen LogP contribution is 2.28. The van der Waals surface area contributed by atoms with Crippen LogP contribution in [0.2, 0.25) is 10.0 Å². The summed E-state index contributed by atoms with van der Waals surface area (Å²) in [5.41, 5.74) is 7.14. The van der Waals surface area contributed by atoms with E-state index in [1.54, 1.807) is 18.2 Å². The molecule has 0 saturated heterocycles. The van der Waals surface area contributed by atoms with Crippen LogP contribution in [-0.4, -0.2) is 16.5 Å². The van der Waals surface area contributed by atoms with Crippen LogP contribution in [0.4, 0.5) is 23.0 Å². The van der Waals surface area contributed by atoms with Gasteiger partial charge in [0, 0.05) is 22.3 Å². The average Bonchev–Trinajstić information content (AvgIpc) is 2.33. The van der Waals surface area contributed by atoms with Crippen molar-refractivity contribution in [3.8, 4) is 0 Å². The molecule has 0 aliphatic carbocycles. The first-order chi connectivity index (χ1) is 9.10. The lowest BCUT2D eigenvalue weighted by molar-refractivity contribution is 1.12. The van der Waals surface area contributed by atoms with E-state index in [1.807, 2.05) is 6.92 Å². The van der Waals surface area contributed by atoms with Crippen molar-refractivity contribution in [1.82, 2.24) is 9.97 Å². The smallest absolute Gasteiger partial charge is 0.159 e. The summed E-state index contributed by atoms with van der Waals surface area (Å²) in [6.07, 6.45) is 1.43. The molecule has 1 aromatic heterocycles. The first kappa shape index (κ1) is 13.7. The number of hydrogen-bond donors (Lipinski definition) is 3. The van der Waals surface area contributed by atoms with Crippen LogP contribution in [0, 0.1) is 0 Å². The number of nitrogens with zero attached hydrogens (tertiary/aromatic N) is 2. The number of aromatic nitrogens is 2. The molecule has 0 bridgehead atoms. The summed E-state index contributed by atoms with van der Waals surface area (Å²) in [6.45, 7) is 2.69. The molecular weight excluding hydrogens is 285 g/mol. The maximum Gasteiger partial charge on any atom is 0.159 e. The molecule has 0 atom stereocenters. The highest BCUT2D eigenvalue weighted by atomic mass is 35.5. The van der Waals surface area contributed by atoms with Crippen LogP contribution < -0.4 is 16.4 Å². The number of anilines is 4. The quantitative estimate of drug-likeness (QED) is 0.805. The van der Waals surface area contributed by atoms with Crippen molar-refractivity contribution in [3.05, 3.63) is 34.6 Å². The normalized spacial score (nSPS) is 10.3.